The number of ether oxygens (including phenoxy) is 10. The van der Waals surface area contributed by atoms with Gasteiger partial charge in [-0.2, -0.15) is 0 Å². The fraction of sp³-hybridized carbons (Fsp3) is 0.391. The van der Waals surface area contributed by atoms with Crippen LogP contribution in [0.15, 0.2) is 71.0 Å². The zero-order chi connectivity index (χ0) is 47.0. The summed E-state index contributed by atoms with van der Waals surface area (Å²) in [6.07, 6.45) is 2.61. The minimum atomic E-state index is -1.82. The quantitative estimate of drug-likeness (QED) is 0.0963. The average molecular weight is 919 g/mol. The minimum absolute atomic E-state index is 0.0678. The fourth-order valence-electron chi connectivity index (χ4n) is 7.26. The van der Waals surface area contributed by atoms with Crippen LogP contribution in [0.1, 0.15) is 35.1 Å². The van der Waals surface area contributed by atoms with E-state index in [-0.39, 0.29) is 25.8 Å². The number of carboxylic acids is 2. The molecule has 66 heavy (non-hydrogen) atoms. The number of nitrogens with one attached hydrogen (secondary N) is 2. The van der Waals surface area contributed by atoms with Gasteiger partial charge in [-0.15, -0.1) is 0 Å². The summed E-state index contributed by atoms with van der Waals surface area (Å²) in [5, 5.41) is 30.1. The molecule has 20 heteroatoms. The van der Waals surface area contributed by atoms with E-state index in [1.54, 1.807) is 42.7 Å². The molecule has 0 spiro atoms. The summed E-state index contributed by atoms with van der Waals surface area (Å²) in [5.41, 5.74) is 6.21. The second-order valence-corrected chi connectivity index (χ2v) is 14.8. The summed E-state index contributed by atoms with van der Waals surface area (Å²) in [7, 11) is 9.78. The Morgan fingerprint density at radius 1 is 0.545 bits per heavy atom. The van der Waals surface area contributed by atoms with Gasteiger partial charge in [0.05, 0.1) is 54.1 Å². The van der Waals surface area contributed by atoms with Gasteiger partial charge in [-0.1, -0.05) is 34.6 Å². The number of oxime groups is 2. The molecule has 0 aromatic heterocycles. The third-order valence-corrected chi connectivity index (χ3v) is 10.4. The maximum Gasteiger partial charge on any atom is 0.414 e. The highest BCUT2D eigenvalue weighted by atomic mass is 16.7. The van der Waals surface area contributed by atoms with E-state index >= 15 is 0 Å². The number of methoxy groups -OCH3 is 6. The van der Waals surface area contributed by atoms with Crippen molar-refractivity contribution in [3.8, 4) is 57.5 Å². The molecule has 0 aliphatic carbocycles. The van der Waals surface area contributed by atoms with Gasteiger partial charge in [0, 0.05) is 63.0 Å². The van der Waals surface area contributed by atoms with Crippen molar-refractivity contribution in [1.29, 1.82) is 0 Å². The first-order valence-corrected chi connectivity index (χ1v) is 20.7. The monoisotopic (exact) mass is 918 g/mol. The Morgan fingerprint density at radius 3 is 1.26 bits per heavy atom. The Bertz CT molecular complexity index is 2180. The van der Waals surface area contributed by atoms with Crippen LogP contribution in [0.3, 0.4) is 0 Å². The van der Waals surface area contributed by atoms with Crippen molar-refractivity contribution in [2.45, 2.75) is 51.0 Å². The molecule has 2 atom stereocenters. The van der Waals surface area contributed by atoms with Crippen LogP contribution in [-0.4, -0.2) is 115 Å². The first kappa shape index (κ1) is 48.1. The molecular weight excluding hydrogens is 865 g/mol. The minimum Gasteiger partial charge on any atom is -0.497 e. The summed E-state index contributed by atoms with van der Waals surface area (Å²) >= 11 is 0. The lowest BCUT2D eigenvalue weighted by atomic mass is 10.0. The maximum atomic E-state index is 9.10. The molecule has 0 fully saturated rings. The van der Waals surface area contributed by atoms with Crippen LogP contribution in [-0.2, 0) is 45.2 Å². The largest absolute Gasteiger partial charge is 0.497 e. The van der Waals surface area contributed by atoms with E-state index in [4.69, 9.17) is 76.8 Å². The molecule has 0 radical (unpaired) electrons. The van der Waals surface area contributed by atoms with Gasteiger partial charge in [-0.05, 0) is 47.5 Å². The normalized spacial score (nSPS) is 15.9. The molecule has 2 unspecified atom stereocenters. The molecule has 4 aliphatic heterocycles. The number of hydrogen-bond donors (Lipinski definition) is 4. The van der Waals surface area contributed by atoms with Gasteiger partial charge >= 0.3 is 11.9 Å². The van der Waals surface area contributed by atoms with Crippen LogP contribution in [0, 0.1) is 0 Å². The van der Waals surface area contributed by atoms with Crippen molar-refractivity contribution in [3.05, 3.63) is 82.9 Å². The molecule has 0 saturated carbocycles. The van der Waals surface area contributed by atoms with Crippen molar-refractivity contribution in [2.75, 3.05) is 69.3 Å². The van der Waals surface area contributed by atoms with Crippen molar-refractivity contribution in [1.82, 2.24) is 10.6 Å². The molecule has 20 nitrogen and oxygen atoms in total. The van der Waals surface area contributed by atoms with Crippen LogP contribution >= 0.6 is 0 Å². The molecule has 4 aromatic carbocycles. The van der Waals surface area contributed by atoms with Crippen LogP contribution in [0.25, 0.3) is 0 Å². The van der Waals surface area contributed by atoms with Gasteiger partial charge < -0.3 is 77.9 Å². The van der Waals surface area contributed by atoms with E-state index in [0.29, 0.717) is 71.9 Å². The predicted octanol–water partition coefficient (Wildman–Crippen LogP) is 4.99. The molecule has 4 N–H and O–H groups in total. The van der Waals surface area contributed by atoms with E-state index in [9.17, 15) is 0 Å². The molecule has 4 aromatic rings. The van der Waals surface area contributed by atoms with Crippen LogP contribution in [0.4, 0.5) is 0 Å². The third kappa shape index (κ3) is 12.5. The Labute approximate surface area is 381 Å². The fourth-order valence-corrected chi connectivity index (χ4v) is 7.26. The molecule has 8 rings (SSSR count). The Morgan fingerprint density at radius 2 is 0.924 bits per heavy atom. The van der Waals surface area contributed by atoms with Crippen LogP contribution in [0.5, 0.6) is 57.5 Å². The highest BCUT2D eigenvalue weighted by Crippen LogP contribution is 2.51. The smallest absolute Gasteiger partial charge is 0.414 e. The van der Waals surface area contributed by atoms with Crippen molar-refractivity contribution < 1.29 is 76.8 Å². The zero-order valence-electron chi connectivity index (χ0n) is 37.5. The summed E-state index contributed by atoms with van der Waals surface area (Å²) in [6.45, 7) is 3.15. The number of rotatable bonds is 18. The maximum absolute atomic E-state index is 9.10. The molecular formula is C46H54N4O16. The number of carboxylic acid groups (broad SMARTS) is 2. The van der Waals surface area contributed by atoms with Gasteiger partial charge in [-0.3, -0.25) is 0 Å². The number of benzene rings is 4. The Hall–Kier alpha value is -7.32. The lowest BCUT2D eigenvalue weighted by molar-refractivity contribution is -0.159. The summed E-state index contributed by atoms with van der Waals surface area (Å²) < 4.78 is 54.6. The lowest BCUT2D eigenvalue weighted by Gasteiger charge is -2.15. The molecule has 4 aliphatic rings. The van der Waals surface area contributed by atoms with Crippen LogP contribution in [0.2, 0.25) is 0 Å². The highest BCUT2D eigenvalue weighted by Gasteiger charge is 2.32. The van der Waals surface area contributed by atoms with Gasteiger partial charge in [0.25, 0.3) is 0 Å². The highest BCUT2D eigenvalue weighted by molar-refractivity contribution is 6.27. The van der Waals surface area contributed by atoms with E-state index in [0.717, 1.165) is 60.0 Å². The summed E-state index contributed by atoms with van der Waals surface area (Å²) in [6, 6.07) is 19.8. The topological polar surface area (TPSA) is 234 Å². The summed E-state index contributed by atoms with van der Waals surface area (Å²) in [5.74, 6) is 2.91. The van der Waals surface area contributed by atoms with Crippen molar-refractivity contribution in [3.63, 3.8) is 0 Å². The number of aliphatic carboxylic acids is 2. The van der Waals surface area contributed by atoms with E-state index in [1.807, 2.05) is 60.7 Å². The van der Waals surface area contributed by atoms with Crippen molar-refractivity contribution in [2.24, 2.45) is 10.3 Å². The van der Waals surface area contributed by atoms with Gasteiger partial charge in [0.2, 0.25) is 36.6 Å². The lowest BCUT2D eigenvalue weighted by Crippen LogP contribution is -2.23. The number of carbonyl (C=O) groups is 2. The average Bonchev–Trinajstić information content (AvgIpc) is 4.19. The van der Waals surface area contributed by atoms with E-state index in [2.05, 4.69) is 20.9 Å². The standard InChI is InChI=1S/2C22H26N2O6.C2H2O4/c2*1-25-17-6-4-14(5-7-17)11-23-12-16-10-18(30-24-16)8-15-9-19(26-2)21-22(20(15)27-3)29-13-28-21;3-1(4)2(5)6/h2*4-7,9,18,23H,8,10-13H2,1-3H3;(H,3,4)(H,5,6). The second-order valence-electron chi connectivity index (χ2n) is 14.8. The molecule has 0 bridgehead atoms. The second kappa shape index (κ2) is 23.6. The van der Waals surface area contributed by atoms with Crippen LogP contribution < -0.4 is 58.0 Å². The first-order chi connectivity index (χ1) is 32.1. The first-order valence-electron chi connectivity index (χ1n) is 20.7. The molecule has 0 amide bonds. The van der Waals surface area contributed by atoms with Gasteiger partial charge in [-0.25, -0.2) is 9.59 Å². The molecule has 4 heterocycles. The number of nitrogens with zero attached hydrogens (tertiary/aromatic N) is 2. The van der Waals surface area contributed by atoms with Crippen molar-refractivity contribution >= 4 is 23.4 Å². The van der Waals surface area contributed by atoms with Gasteiger partial charge in [0.1, 0.15) is 23.7 Å². The Balaban J connectivity index is 0.000000194. The number of fused-ring (bicyclic) bond motifs is 2. The van der Waals surface area contributed by atoms with E-state index in [1.165, 1.54) is 11.1 Å². The molecule has 354 valence electrons. The third-order valence-electron chi connectivity index (χ3n) is 10.4. The predicted molar refractivity (Wildman–Crippen MR) is 237 cm³/mol. The van der Waals surface area contributed by atoms with Gasteiger partial charge in [0.15, 0.2) is 23.0 Å². The molecule has 0 saturated heterocycles. The number of hydrogen-bond acceptors (Lipinski definition) is 18. The SMILES string of the molecule is COc1ccc(CNCC2=NOC(Cc3cc(OC)c4c(c3OC)OCO4)C2)cc1.COc1ccc(CNCC2=NOC(Cc3cc(OC)c4c(c3OC)OCO4)C2)cc1.O=C(O)C(=O)O. The Kier molecular flexibility index (Phi) is 17.2. The van der Waals surface area contributed by atoms with E-state index < -0.39 is 11.9 Å². The summed E-state index contributed by atoms with van der Waals surface area (Å²) in [4.78, 5) is 29.5. The zero-order valence-corrected chi connectivity index (χ0v) is 37.5.